The third-order valence-electron chi connectivity index (χ3n) is 6.35. The number of carbonyl (C=O) groups excluding carboxylic acids is 2. The molecular formula is C29H34BrN3O5S. The third-order valence-corrected chi connectivity index (χ3v) is 8.67. The van der Waals surface area contributed by atoms with Crippen LogP contribution in [0.5, 0.6) is 5.75 Å². The van der Waals surface area contributed by atoms with Crippen molar-refractivity contribution in [3.8, 4) is 5.75 Å². The maximum Gasteiger partial charge on any atom is 0.264 e. The van der Waals surface area contributed by atoms with E-state index in [9.17, 15) is 18.0 Å². The van der Waals surface area contributed by atoms with Gasteiger partial charge in [-0.3, -0.25) is 13.9 Å². The molecule has 0 aliphatic carbocycles. The first-order chi connectivity index (χ1) is 18.6. The monoisotopic (exact) mass is 615 g/mol. The first-order valence-electron chi connectivity index (χ1n) is 12.7. The lowest BCUT2D eigenvalue weighted by atomic mass is 10.1. The number of rotatable bonds is 12. The lowest BCUT2D eigenvalue weighted by molar-refractivity contribution is -0.140. The molecule has 0 aromatic heterocycles. The molecular weight excluding hydrogens is 582 g/mol. The van der Waals surface area contributed by atoms with Gasteiger partial charge in [-0.15, -0.1) is 0 Å². The molecule has 2 amide bonds. The van der Waals surface area contributed by atoms with Crippen LogP contribution in [0.15, 0.2) is 82.2 Å². The van der Waals surface area contributed by atoms with E-state index in [1.54, 1.807) is 36.4 Å². The van der Waals surface area contributed by atoms with Crippen molar-refractivity contribution in [1.82, 2.24) is 10.2 Å². The molecule has 0 unspecified atom stereocenters. The van der Waals surface area contributed by atoms with Gasteiger partial charge in [0.15, 0.2) is 0 Å². The summed E-state index contributed by atoms with van der Waals surface area (Å²) in [5, 5.41) is 2.63. The van der Waals surface area contributed by atoms with Gasteiger partial charge in [-0.2, -0.15) is 0 Å². The van der Waals surface area contributed by atoms with Crippen molar-refractivity contribution in [3.05, 3.63) is 88.4 Å². The average molecular weight is 617 g/mol. The molecule has 0 fully saturated rings. The molecule has 0 bridgehead atoms. The summed E-state index contributed by atoms with van der Waals surface area (Å²) in [6.45, 7) is 5.74. The Hall–Kier alpha value is -3.37. The summed E-state index contributed by atoms with van der Waals surface area (Å²) in [6, 6.07) is 19.6. The Morgan fingerprint density at radius 3 is 2.18 bits per heavy atom. The molecule has 3 aromatic carbocycles. The summed E-state index contributed by atoms with van der Waals surface area (Å²) in [6.07, 6.45) is 0.361. The lowest BCUT2D eigenvalue weighted by Crippen LogP contribution is -2.51. The predicted molar refractivity (Wildman–Crippen MR) is 156 cm³/mol. The van der Waals surface area contributed by atoms with Crippen molar-refractivity contribution in [1.29, 1.82) is 0 Å². The Kier molecular flexibility index (Phi) is 10.5. The average Bonchev–Trinajstić information content (AvgIpc) is 2.93. The second kappa shape index (κ2) is 13.6. The maximum atomic E-state index is 14.0. The van der Waals surface area contributed by atoms with Gasteiger partial charge in [0, 0.05) is 18.1 Å². The maximum absolute atomic E-state index is 14.0. The van der Waals surface area contributed by atoms with E-state index in [2.05, 4.69) is 21.2 Å². The van der Waals surface area contributed by atoms with Gasteiger partial charge in [-0.05, 0) is 79.9 Å². The highest BCUT2D eigenvalue weighted by Crippen LogP contribution is 2.27. The normalized spacial score (nSPS) is 11.9. The van der Waals surface area contributed by atoms with Crippen molar-refractivity contribution < 1.29 is 22.7 Å². The Labute approximate surface area is 239 Å². The topological polar surface area (TPSA) is 96.0 Å². The highest BCUT2D eigenvalue weighted by atomic mass is 79.9. The van der Waals surface area contributed by atoms with E-state index in [0.717, 1.165) is 19.9 Å². The second-order valence-electron chi connectivity index (χ2n) is 8.88. The molecule has 39 heavy (non-hydrogen) atoms. The van der Waals surface area contributed by atoms with Gasteiger partial charge in [0.05, 0.1) is 17.2 Å². The number of nitrogens with zero attached hydrogens (tertiary/aromatic N) is 2. The Bertz CT molecular complexity index is 1380. The molecule has 0 saturated heterocycles. The molecule has 1 N–H and O–H groups in total. The van der Waals surface area contributed by atoms with Crippen molar-refractivity contribution in [2.75, 3.05) is 24.5 Å². The molecule has 3 aromatic rings. The highest BCUT2D eigenvalue weighted by molar-refractivity contribution is 9.10. The molecule has 0 spiro atoms. The zero-order valence-electron chi connectivity index (χ0n) is 22.6. The van der Waals surface area contributed by atoms with Crippen LogP contribution in [0.2, 0.25) is 0 Å². The Balaban J connectivity index is 2.07. The minimum absolute atomic E-state index is 0.0381. The summed E-state index contributed by atoms with van der Waals surface area (Å²) in [5.74, 6) is -0.230. The largest absolute Gasteiger partial charge is 0.494 e. The van der Waals surface area contributed by atoms with E-state index in [1.165, 1.54) is 24.1 Å². The lowest BCUT2D eigenvalue weighted by Gasteiger charge is -2.33. The van der Waals surface area contributed by atoms with Gasteiger partial charge in [-0.1, -0.05) is 47.1 Å². The highest BCUT2D eigenvalue weighted by Gasteiger charge is 2.33. The number of hydrogen-bond donors (Lipinski definition) is 1. The van der Waals surface area contributed by atoms with E-state index in [-0.39, 0.29) is 17.3 Å². The van der Waals surface area contributed by atoms with Gasteiger partial charge in [-0.25, -0.2) is 8.42 Å². The molecule has 10 heteroatoms. The summed E-state index contributed by atoms with van der Waals surface area (Å²) in [4.78, 5) is 28.3. The van der Waals surface area contributed by atoms with Gasteiger partial charge in [0.1, 0.15) is 18.3 Å². The van der Waals surface area contributed by atoms with Crippen LogP contribution in [0.3, 0.4) is 0 Å². The fourth-order valence-corrected chi connectivity index (χ4v) is 5.87. The smallest absolute Gasteiger partial charge is 0.264 e. The number of amides is 2. The first kappa shape index (κ1) is 30.2. The fourth-order valence-electron chi connectivity index (χ4n) is 4.19. The number of ether oxygens (including phenoxy) is 1. The van der Waals surface area contributed by atoms with Crippen LogP contribution in [0, 0.1) is 6.92 Å². The van der Waals surface area contributed by atoms with Crippen molar-refractivity contribution in [2.24, 2.45) is 0 Å². The van der Waals surface area contributed by atoms with Gasteiger partial charge in [0.2, 0.25) is 11.8 Å². The number of hydrogen-bond acceptors (Lipinski definition) is 5. The van der Waals surface area contributed by atoms with Gasteiger partial charge < -0.3 is 15.0 Å². The van der Waals surface area contributed by atoms with Crippen LogP contribution in [-0.2, 0) is 26.2 Å². The van der Waals surface area contributed by atoms with Crippen molar-refractivity contribution in [2.45, 2.75) is 44.7 Å². The predicted octanol–water partition coefficient (Wildman–Crippen LogP) is 4.90. The zero-order valence-corrected chi connectivity index (χ0v) is 25.0. The minimum Gasteiger partial charge on any atom is -0.494 e. The Morgan fingerprint density at radius 2 is 1.62 bits per heavy atom. The van der Waals surface area contributed by atoms with Gasteiger partial charge in [0.25, 0.3) is 10.0 Å². The number of halogens is 1. The van der Waals surface area contributed by atoms with E-state index < -0.39 is 28.5 Å². The van der Waals surface area contributed by atoms with Crippen molar-refractivity contribution in [3.63, 3.8) is 0 Å². The van der Waals surface area contributed by atoms with Gasteiger partial charge >= 0.3 is 0 Å². The molecule has 1 atom stereocenters. The fraction of sp³-hybridized carbons (Fsp3) is 0.310. The molecule has 3 rings (SSSR count). The summed E-state index contributed by atoms with van der Waals surface area (Å²) < 4.78 is 35.1. The van der Waals surface area contributed by atoms with E-state index >= 15 is 0 Å². The SMILES string of the molecule is CCOc1ccc(N(CC(=O)N(Cc2ccccc2C)[C@H](CC)C(=O)NC)S(=O)(=O)c2ccc(Br)cc2)cc1. The zero-order chi connectivity index (χ0) is 28.6. The van der Waals surface area contributed by atoms with Crippen LogP contribution in [0.4, 0.5) is 5.69 Å². The van der Waals surface area contributed by atoms with Crippen molar-refractivity contribution >= 4 is 43.5 Å². The van der Waals surface area contributed by atoms with E-state index in [0.29, 0.717) is 24.5 Å². The van der Waals surface area contributed by atoms with Crippen LogP contribution in [-0.4, -0.2) is 51.4 Å². The van der Waals surface area contributed by atoms with Crippen LogP contribution in [0.25, 0.3) is 0 Å². The molecule has 0 radical (unpaired) electrons. The summed E-state index contributed by atoms with van der Waals surface area (Å²) >= 11 is 3.34. The van der Waals surface area contributed by atoms with Crippen LogP contribution < -0.4 is 14.4 Å². The number of anilines is 1. The summed E-state index contributed by atoms with van der Waals surface area (Å²) in [7, 11) is -2.62. The number of nitrogens with one attached hydrogen (secondary N) is 1. The second-order valence-corrected chi connectivity index (χ2v) is 11.7. The summed E-state index contributed by atoms with van der Waals surface area (Å²) in [5.41, 5.74) is 2.14. The van der Waals surface area contributed by atoms with Crippen LogP contribution in [0.1, 0.15) is 31.4 Å². The number of aryl methyl sites for hydroxylation is 1. The number of sulfonamides is 1. The minimum atomic E-state index is -4.14. The standard InChI is InChI=1S/C29H34BrN3O5S/c1-5-27(29(35)31-4)32(19-22-10-8-7-9-21(22)3)28(34)20-33(24-13-15-25(16-14-24)38-6-2)39(36,37)26-17-11-23(30)12-18-26/h7-18,27H,5-6,19-20H2,1-4H3,(H,31,35)/t27-/m1/s1. The molecule has 208 valence electrons. The molecule has 0 aliphatic heterocycles. The third kappa shape index (κ3) is 7.39. The number of benzene rings is 3. The number of likely N-dealkylation sites (N-methyl/N-ethyl adjacent to an activating group) is 1. The van der Waals surface area contributed by atoms with Crippen LogP contribution >= 0.6 is 15.9 Å². The first-order valence-corrected chi connectivity index (χ1v) is 14.9. The van der Waals surface area contributed by atoms with E-state index in [1.807, 2.05) is 45.0 Å². The molecule has 0 heterocycles. The molecule has 8 nitrogen and oxygen atoms in total. The molecule has 0 saturated carbocycles. The molecule has 0 aliphatic rings. The Morgan fingerprint density at radius 1 is 0.974 bits per heavy atom. The van der Waals surface area contributed by atoms with E-state index in [4.69, 9.17) is 4.74 Å². The quantitative estimate of drug-likeness (QED) is 0.312. The number of carbonyl (C=O) groups is 2.